The number of ether oxygens (including phenoxy) is 1. The molecule has 0 aliphatic carbocycles. The number of benzene rings is 1. The van der Waals surface area contributed by atoms with E-state index in [2.05, 4.69) is 9.72 Å². The quantitative estimate of drug-likeness (QED) is 0.913. The van der Waals surface area contributed by atoms with Gasteiger partial charge in [-0.05, 0) is 12.1 Å². The highest BCUT2D eigenvalue weighted by Gasteiger charge is 2.28. The number of hydrogen-bond donors (Lipinski definition) is 1. The molecule has 0 unspecified atom stereocenters. The third-order valence-corrected chi connectivity index (χ3v) is 2.43. The fourth-order valence-electron chi connectivity index (χ4n) is 1.40. The maximum absolute atomic E-state index is 12.0. The molecule has 18 heavy (non-hydrogen) atoms. The number of para-hydroxylation sites is 1. The Kier molecular flexibility index (Phi) is 3.21. The summed E-state index contributed by atoms with van der Waals surface area (Å²) in [6.45, 7) is -1.48. The predicted octanol–water partition coefficient (Wildman–Crippen LogP) is 3.53. The first-order chi connectivity index (χ1) is 8.37. The minimum atomic E-state index is -4.47. The minimum absolute atomic E-state index is 0.191. The monoisotopic (exact) mass is 277 g/mol. The van der Waals surface area contributed by atoms with E-state index < -0.39 is 12.8 Å². The van der Waals surface area contributed by atoms with Gasteiger partial charge in [-0.2, -0.15) is 13.2 Å². The fraction of sp³-hybridized carbons (Fsp3) is 0.182. The van der Waals surface area contributed by atoms with Crippen molar-refractivity contribution >= 4 is 22.5 Å². The SMILES string of the molecule is Oc1cc(OCC(F)(F)F)nc2c(Cl)cccc12. The zero-order valence-corrected chi connectivity index (χ0v) is 9.59. The van der Waals surface area contributed by atoms with Gasteiger partial charge in [0.25, 0.3) is 0 Å². The first kappa shape index (κ1) is 12.8. The normalized spacial score (nSPS) is 11.8. The number of aromatic hydroxyl groups is 1. The Balaban J connectivity index is 2.39. The summed E-state index contributed by atoms with van der Waals surface area (Å²) in [6.07, 6.45) is -4.47. The number of pyridine rings is 1. The molecule has 0 saturated carbocycles. The highest BCUT2D eigenvalue weighted by atomic mass is 35.5. The van der Waals surface area contributed by atoms with E-state index in [1.807, 2.05) is 0 Å². The molecule has 2 rings (SSSR count). The Morgan fingerprint density at radius 2 is 2.06 bits per heavy atom. The third-order valence-electron chi connectivity index (χ3n) is 2.13. The summed E-state index contributed by atoms with van der Waals surface area (Å²) in [5.41, 5.74) is 0.191. The number of halogens is 4. The first-order valence-electron chi connectivity index (χ1n) is 4.84. The zero-order valence-electron chi connectivity index (χ0n) is 8.83. The van der Waals surface area contributed by atoms with Crippen LogP contribution in [0.5, 0.6) is 11.6 Å². The summed E-state index contributed by atoms with van der Waals surface area (Å²) in [6, 6.07) is 5.69. The van der Waals surface area contributed by atoms with E-state index in [0.717, 1.165) is 6.07 Å². The molecule has 0 atom stereocenters. The molecule has 0 bridgehead atoms. The standard InChI is InChI=1S/C11H7ClF3NO2/c12-7-3-1-2-6-8(17)4-9(16-10(6)7)18-5-11(13,14)15/h1-4H,5H2,(H,16,17). The summed E-state index contributed by atoms with van der Waals surface area (Å²) in [7, 11) is 0. The van der Waals surface area contributed by atoms with Crippen LogP contribution in [-0.4, -0.2) is 22.9 Å². The third kappa shape index (κ3) is 2.76. The van der Waals surface area contributed by atoms with E-state index in [1.165, 1.54) is 6.07 Å². The Labute approximate surface area is 105 Å². The van der Waals surface area contributed by atoms with Crippen molar-refractivity contribution in [2.75, 3.05) is 6.61 Å². The molecule has 0 aliphatic heterocycles. The molecule has 0 fully saturated rings. The average Bonchev–Trinajstić information content (AvgIpc) is 2.27. The molecule has 96 valence electrons. The number of hydrogen-bond acceptors (Lipinski definition) is 3. The van der Waals surface area contributed by atoms with Gasteiger partial charge in [0.2, 0.25) is 5.88 Å². The Bertz CT molecular complexity index is 586. The second-order valence-electron chi connectivity index (χ2n) is 3.52. The summed E-state index contributed by atoms with van der Waals surface area (Å²) in [5, 5.41) is 10.2. The van der Waals surface area contributed by atoms with Gasteiger partial charge < -0.3 is 9.84 Å². The molecule has 0 amide bonds. The number of nitrogens with zero attached hydrogens (tertiary/aromatic N) is 1. The molecule has 1 aromatic heterocycles. The topological polar surface area (TPSA) is 42.4 Å². The lowest BCUT2D eigenvalue weighted by Gasteiger charge is -2.10. The van der Waals surface area contributed by atoms with Crippen molar-refractivity contribution in [3.05, 3.63) is 29.3 Å². The van der Waals surface area contributed by atoms with Gasteiger partial charge in [0.15, 0.2) is 6.61 Å². The number of fused-ring (bicyclic) bond motifs is 1. The fourth-order valence-corrected chi connectivity index (χ4v) is 1.62. The van der Waals surface area contributed by atoms with Crippen molar-refractivity contribution in [3.8, 4) is 11.6 Å². The molecule has 7 heteroatoms. The van der Waals surface area contributed by atoms with Crippen LogP contribution in [0.3, 0.4) is 0 Å². The summed E-state index contributed by atoms with van der Waals surface area (Å²) in [5.74, 6) is -0.565. The minimum Gasteiger partial charge on any atom is -0.507 e. The van der Waals surface area contributed by atoms with Gasteiger partial charge in [0.1, 0.15) is 5.75 Å². The van der Waals surface area contributed by atoms with Crippen molar-refractivity contribution in [1.82, 2.24) is 4.98 Å². The predicted molar refractivity (Wildman–Crippen MR) is 60.0 cm³/mol. The molecular weight excluding hydrogens is 271 g/mol. The van der Waals surface area contributed by atoms with Gasteiger partial charge in [0, 0.05) is 11.5 Å². The van der Waals surface area contributed by atoms with Crippen LogP contribution < -0.4 is 4.74 Å². The second kappa shape index (κ2) is 4.53. The van der Waals surface area contributed by atoms with Gasteiger partial charge in [0.05, 0.1) is 10.5 Å². The van der Waals surface area contributed by atoms with Crippen LogP contribution in [0.25, 0.3) is 10.9 Å². The highest BCUT2D eigenvalue weighted by Crippen LogP contribution is 2.31. The van der Waals surface area contributed by atoms with Crippen LogP contribution in [0.15, 0.2) is 24.3 Å². The maximum Gasteiger partial charge on any atom is 0.422 e. The first-order valence-corrected chi connectivity index (χ1v) is 5.22. The largest absolute Gasteiger partial charge is 0.507 e. The van der Waals surface area contributed by atoms with Crippen LogP contribution in [0.4, 0.5) is 13.2 Å². The molecular formula is C11H7ClF3NO2. The van der Waals surface area contributed by atoms with Crippen LogP contribution in [0.2, 0.25) is 5.02 Å². The van der Waals surface area contributed by atoms with Crippen molar-refractivity contribution in [3.63, 3.8) is 0 Å². The zero-order chi connectivity index (χ0) is 13.3. The number of rotatable bonds is 2. The van der Waals surface area contributed by atoms with Crippen molar-refractivity contribution < 1.29 is 23.0 Å². The smallest absolute Gasteiger partial charge is 0.422 e. The lowest BCUT2D eigenvalue weighted by atomic mass is 10.2. The summed E-state index contributed by atoms with van der Waals surface area (Å²) < 4.78 is 40.4. The van der Waals surface area contributed by atoms with E-state index in [9.17, 15) is 18.3 Å². The number of alkyl halides is 3. The van der Waals surface area contributed by atoms with E-state index in [1.54, 1.807) is 12.1 Å². The van der Waals surface area contributed by atoms with E-state index >= 15 is 0 Å². The van der Waals surface area contributed by atoms with Crippen LogP contribution in [0, 0.1) is 0 Å². The average molecular weight is 278 g/mol. The Morgan fingerprint density at radius 1 is 1.33 bits per heavy atom. The highest BCUT2D eigenvalue weighted by molar-refractivity contribution is 6.35. The van der Waals surface area contributed by atoms with Gasteiger partial charge >= 0.3 is 6.18 Å². The molecule has 0 radical (unpaired) electrons. The van der Waals surface area contributed by atoms with Crippen LogP contribution in [-0.2, 0) is 0 Å². The van der Waals surface area contributed by atoms with Gasteiger partial charge in [-0.25, -0.2) is 4.98 Å². The summed E-state index contributed by atoms with van der Waals surface area (Å²) >= 11 is 5.84. The Hall–Kier alpha value is -1.69. The second-order valence-corrected chi connectivity index (χ2v) is 3.93. The lowest BCUT2D eigenvalue weighted by molar-refractivity contribution is -0.154. The van der Waals surface area contributed by atoms with E-state index in [4.69, 9.17) is 11.6 Å². The van der Waals surface area contributed by atoms with E-state index in [0.29, 0.717) is 5.39 Å². The Morgan fingerprint density at radius 3 is 2.72 bits per heavy atom. The molecule has 0 saturated heterocycles. The molecule has 0 aliphatic rings. The molecule has 1 N–H and O–H groups in total. The van der Waals surface area contributed by atoms with Crippen molar-refractivity contribution in [1.29, 1.82) is 0 Å². The number of aromatic nitrogens is 1. The summed E-state index contributed by atoms with van der Waals surface area (Å²) in [4.78, 5) is 3.82. The van der Waals surface area contributed by atoms with Gasteiger partial charge in [-0.1, -0.05) is 17.7 Å². The van der Waals surface area contributed by atoms with Crippen LogP contribution >= 0.6 is 11.6 Å². The van der Waals surface area contributed by atoms with Gasteiger partial charge in [-0.15, -0.1) is 0 Å². The van der Waals surface area contributed by atoms with Gasteiger partial charge in [-0.3, -0.25) is 0 Å². The molecule has 1 heterocycles. The van der Waals surface area contributed by atoms with E-state index in [-0.39, 0.29) is 22.2 Å². The van der Waals surface area contributed by atoms with Crippen molar-refractivity contribution in [2.24, 2.45) is 0 Å². The molecule has 3 nitrogen and oxygen atoms in total. The molecule has 0 spiro atoms. The molecule has 2 aromatic rings. The molecule has 1 aromatic carbocycles. The van der Waals surface area contributed by atoms with Crippen LogP contribution in [0.1, 0.15) is 0 Å². The maximum atomic E-state index is 12.0. The lowest BCUT2D eigenvalue weighted by Crippen LogP contribution is -2.19. The van der Waals surface area contributed by atoms with Crippen molar-refractivity contribution in [2.45, 2.75) is 6.18 Å².